The van der Waals surface area contributed by atoms with Crippen molar-refractivity contribution in [2.24, 2.45) is 0 Å². The molecule has 0 heterocycles. The zero-order valence-corrected chi connectivity index (χ0v) is 13.0. The van der Waals surface area contributed by atoms with Gasteiger partial charge < -0.3 is 4.74 Å². The largest absolute Gasteiger partial charge is 0.489 e. The molecule has 0 aliphatic rings. The highest BCUT2D eigenvalue weighted by atomic mass is 79.9. The van der Waals surface area contributed by atoms with Gasteiger partial charge in [-0.1, -0.05) is 34.1 Å². The van der Waals surface area contributed by atoms with Crippen LogP contribution in [0.4, 0.5) is 4.39 Å². The minimum Gasteiger partial charge on any atom is -0.489 e. The third-order valence-electron chi connectivity index (χ3n) is 2.82. The second-order valence-corrected chi connectivity index (χ2v) is 5.29. The summed E-state index contributed by atoms with van der Waals surface area (Å²) in [5.74, 6) is 0.188. The molecule has 0 amide bonds. The summed E-state index contributed by atoms with van der Waals surface area (Å²) in [5, 5.41) is 17.5. The lowest BCUT2D eigenvalue weighted by Crippen LogP contribution is -1.98. The molecule has 5 heteroatoms. The van der Waals surface area contributed by atoms with Crippen LogP contribution in [-0.4, -0.2) is 0 Å². The van der Waals surface area contributed by atoms with Gasteiger partial charge in [0.05, 0.1) is 0 Å². The fourth-order valence-corrected chi connectivity index (χ4v) is 2.08. The lowest BCUT2D eigenvalue weighted by Gasteiger charge is -2.08. The van der Waals surface area contributed by atoms with Crippen molar-refractivity contribution in [2.75, 3.05) is 0 Å². The predicted molar refractivity (Wildman–Crippen MR) is 84.1 cm³/mol. The molecule has 2 aromatic rings. The number of ether oxygens (including phenoxy) is 1. The Labute approximate surface area is 136 Å². The molecular weight excluding hydrogens is 347 g/mol. The molecule has 0 aliphatic heterocycles. The molecule has 0 bridgehead atoms. The summed E-state index contributed by atoms with van der Waals surface area (Å²) in [4.78, 5) is 0. The first-order valence-electron chi connectivity index (χ1n) is 6.31. The summed E-state index contributed by atoms with van der Waals surface area (Å²) in [7, 11) is 0. The van der Waals surface area contributed by atoms with Crippen LogP contribution < -0.4 is 4.74 Å². The Kier molecular flexibility index (Phi) is 5.30. The smallest absolute Gasteiger partial charge is 0.130 e. The van der Waals surface area contributed by atoms with E-state index in [4.69, 9.17) is 15.3 Å². The summed E-state index contributed by atoms with van der Waals surface area (Å²) >= 11 is 3.20. The molecule has 0 fully saturated rings. The van der Waals surface area contributed by atoms with E-state index < -0.39 is 0 Å². The number of allylic oxidation sites excluding steroid dienone is 1. The number of hydrogen-bond acceptors (Lipinski definition) is 3. The molecule has 0 aliphatic carbocycles. The van der Waals surface area contributed by atoms with E-state index in [0.29, 0.717) is 21.3 Å². The maximum Gasteiger partial charge on any atom is 0.130 e. The van der Waals surface area contributed by atoms with E-state index in [9.17, 15) is 4.39 Å². The maximum atomic E-state index is 13.7. The van der Waals surface area contributed by atoms with Gasteiger partial charge in [0.15, 0.2) is 0 Å². The van der Waals surface area contributed by atoms with Crippen molar-refractivity contribution < 1.29 is 9.13 Å². The average molecular weight is 357 g/mol. The number of hydrogen-bond donors (Lipinski definition) is 0. The Morgan fingerprint density at radius 2 is 1.95 bits per heavy atom. The van der Waals surface area contributed by atoms with Crippen LogP contribution in [0.3, 0.4) is 0 Å². The van der Waals surface area contributed by atoms with E-state index in [1.165, 1.54) is 12.1 Å². The molecule has 3 nitrogen and oxygen atoms in total. The zero-order valence-electron chi connectivity index (χ0n) is 11.4. The third kappa shape index (κ3) is 4.18. The summed E-state index contributed by atoms with van der Waals surface area (Å²) in [6.45, 7) is 0.0929. The van der Waals surface area contributed by atoms with Gasteiger partial charge in [-0.3, -0.25) is 0 Å². The minimum atomic E-state index is -0.346. The zero-order chi connectivity index (χ0) is 15.9. The standard InChI is InChI=1S/C17H10BrFN2O/c18-15-5-4-14(17(19)8-15)11-22-16-3-1-2-12(7-16)6-13(9-20)10-21/h1-8H,11H2. The summed E-state index contributed by atoms with van der Waals surface area (Å²) < 4.78 is 19.9. The SMILES string of the molecule is N#CC(C#N)=Cc1cccc(OCc2ccc(Br)cc2F)c1. The quantitative estimate of drug-likeness (QED) is 0.752. The van der Waals surface area contributed by atoms with E-state index in [2.05, 4.69) is 15.9 Å². The Morgan fingerprint density at radius 3 is 2.64 bits per heavy atom. The van der Waals surface area contributed by atoms with Crippen LogP contribution in [0.25, 0.3) is 6.08 Å². The maximum absolute atomic E-state index is 13.7. The highest BCUT2D eigenvalue weighted by Gasteiger charge is 2.04. The van der Waals surface area contributed by atoms with Crippen molar-refractivity contribution in [3.8, 4) is 17.9 Å². The van der Waals surface area contributed by atoms with Crippen molar-refractivity contribution in [1.82, 2.24) is 0 Å². The normalized spacial score (nSPS) is 9.45. The minimum absolute atomic E-state index is 0.0103. The summed E-state index contributed by atoms with van der Waals surface area (Å²) in [5.41, 5.74) is 1.13. The first kappa shape index (κ1) is 15.8. The summed E-state index contributed by atoms with van der Waals surface area (Å²) in [6.07, 6.45) is 1.47. The molecule has 108 valence electrons. The summed E-state index contributed by atoms with van der Waals surface area (Å²) in [6, 6.07) is 15.3. The van der Waals surface area contributed by atoms with Crippen molar-refractivity contribution in [1.29, 1.82) is 10.5 Å². The van der Waals surface area contributed by atoms with Gasteiger partial charge in [-0.25, -0.2) is 4.39 Å². The Morgan fingerprint density at radius 1 is 1.18 bits per heavy atom. The van der Waals surface area contributed by atoms with Crippen LogP contribution in [-0.2, 0) is 6.61 Å². The molecule has 0 N–H and O–H groups in total. The highest BCUT2D eigenvalue weighted by molar-refractivity contribution is 9.10. The van der Waals surface area contributed by atoms with Gasteiger partial charge in [0.2, 0.25) is 0 Å². The first-order valence-corrected chi connectivity index (χ1v) is 7.10. The Hall–Kier alpha value is -2.63. The van der Waals surface area contributed by atoms with E-state index in [-0.39, 0.29) is 18.0 Å². The molecule has 2 rings (SSSR count). The van der Waals surface area contributed by atoms with Gasteiger partial charge in [-0.2, -0.15) is 10.5 Å². The van der Waals surface area contributed by atoms with E-state index in [1.54, 1.807) is 48.5 Å². The monoisotopic (exact) mass is 356 g/mol. The third-order valence-corrected chi connectivity index (χ3v) is 3.31. The lowest BCUT2D eigenvalue weighted by atomic mass is 10.1. The van der Waals surface area contributed by atoms with Crippen LogP contribution in [0.2, 0.25) is 0 Å². The van der Waals surface area contributed by atoms with Crippen LogP contribution in [0.5, 0.6) is 5.75 Å². The second kappa shape index (κ2) is 7.40. The molecule has 0 atom stereocenters. The lowest BCUT2D eigenvalue weighted by molar-refractivity contribution is 0.300. The van der Waals surface area contributed by atoms with E-state index in [1.807, 2.05) is 0 Å². The molecule has 0 radical (unpaired) electrons. The molecule has 0 saturated heterocycles. The Bertz CT molecular complexity index is 787. The van der Waals surface area contributed by atoms with Crippen LogP contribution in [0.1, 0.15) is 11.1 Å². The fourth-order valence-electron chi connectivity index (χ4n) is 1.75. The van der Waals surface area contributed by atoms with Crippen LogP contribution >= 0.6 is 15.9 Å². The van der Waals surface area contributed by atoms with Gasteiger partial charge in [0.1, 0.15) is 35.9 Å². The molecule has 2 aromatic carbocycles. The molecule has 0 aromatic heterocycles. The van der Waals surface area contributed by atoms with Gasteiger partial charge in [0.25, 0.3) is 0 Å². The van der Waals surface area contributed by atoms with Gasteiger partial charge in [0, 0.05) is 10.0 Å². The van der Waals surface area contributed by atoms with Crippen molar-refractivity contribution in [3.63, 3.8) is 0 Å². The average Bonchev–Trinajstić information content (AvgIpc) is 2.52. The second-order valence-electron chi connectivity index (χ2n) is 4.38. The topological polar surface area (TPSA) is 56.8 Å². The van der Waals surface area contributed by atoms with Crippen molar-refractivity contribution in [3.05, 3.63) is 69.5 Å². The Balaban J connectivity index is 2.13. The van der Waals surface area contributed by atoms with Gasteiger partial charge >= 0.3 is 0 Å². The van der Waals surface area contributed by atoms with Crippen LogP contribution in [0, 0.1) is 28.5 Å². The van der Waals surface area contributed by atoms with Crippen LogP contribution in [0.15, 0.2) is 52.5 Å². The van der Waals surface area contributed by atoms with Gasteiger partial charge in [-0.05, 0) is 35.9 Å². The molecule has 0 saturated carbocycles. The van der Waals surface area contributed by atoms with Crippen molar-refractivity contribution in [2.45, 2.75) is 6.61 Å². The van der Waals surface area contributed by atoms with Gasteiger partial charge in [-0.15, -0.1) is 0 Å². The predicted octanol–water partition coefficient (Wildman–Crippen LogP) is 4.60. The van der Waals surface area contributed by atoms with Crippen molar-refractivity contribution >= 4 is 22.0 Å². The molecule has 22 heavy (non-hydrogen) atoms. The number of nitrogens with zero attached hydrogens (tertiary/aromatic N) is 2. The number of halogens is 2. The number of benzene rings is 2. The highest BCUT2D eigenvalue weighted by Crippen LogP contribution is 2.20. The first-order chi connectivity index (χ1) is 10.6. The molecule has 0 unspecified atom stereocenters. The number of nitriles is 2. The number of rotatable bonds is 4. The van der Waals surface area contributed by atoms with E-state index >= 15 is 0 Å². The molecular formula is C17H10BrFN2O. The molecule has 0 spiro atoms. The van der Waals surface area contributed by atoms with E-state index in [0.717, 1.165) is 0 Å². The fraction of sp³-hybridized carbons (Fsp3) is 0.0588.